The van der Waals surface area contributed by atoms with Crippen LogP contribution in [0.2, 0.25) is 0 Å². The Bertz CT molecular complexity index is 1040. The average molecular weight is 361 g/mol. The molecule has 0 nitrogen and oxygen atoms in total. The fraction of sp³-hybridized carbons (Fsp3) is 0.0714. The Morgan fingerprint density at radius 1 is 0.679 bits per heavy atom. The first-order valence-electron chi connectivity index (χ1n) is 9.65. The van der Waals surface area contributed by atoms with Crippen molar-refractivity contribution in [3.8, 4) is 0 Å². The molecule has 0 heteroatoms. The molecule has 0 bridgehead atoms. The van der Waals surface area contributed by atoms with Crippen LogP contribution in [0.15, 0.2) is 128 Å². The predicted molar refractivity (Wildman–Crippen MR) is 121 cm³/mol. The van der Waals surface area contributed by atoms with Gasteiger partial charge in [-0.2, -0.15) is 0 Å². The first-order valence-corrected chi connectivity index (χ1v) is 9.65. The highest BCUT2D eigenvalue weighted by molar-refractivity contribution is 5.83. The summed E-state index contributed by atoms with van der Waals surface area (Å²) in [5, 5.41) is 0. The van der Waals surface area contributed by atoms with Gasteiger partial charge in [0, 0.05) is 5.41 Å². The van der Waals surface area contributed by atoms with E-state index in [1.807, 2.05) is 12.1 Å². The van der Waals surface area contributed by atoms with Crippen molar-refractivity contribution >= 4 is 11.1 Å². The lowest BCUT2D eigenvalue weighted by atomic mass is 9.67. The molecule has 136 valence electrons. The smallest absolute Gasteiger partial charge is 0.0419 e. The van der Waals surface area contributed by atoms with Crippen LogP contribution in [0.1, 0.15) is 23.1 Å². The van der Waals surface area contributed by atoms with E-state index in [4.69, 9.17) is 0 Å². The number of rotatable bonds is 5. The molecule has 0 N–H and O–H groups in total. The van der Waals surface area contributed by atoms with Gasteiger partial charge in [-0.3, -0.25) is 0 Å². The maximum atomic E-state index is 4.52. The van der Waals surface area contributed by atoms with E-state index in [0.717, 1.165) is 23.1 Å². The monoisotopic (exact) mass is 360 g/mol. The van der Waals surface area contributed by atoms with Crippen molar-refractivity contribution in [1.82, 2.24) is 0 Å². The molecule has 1 aliphatic carbocycles. The van der Waals surface area contributed by atoms with Crippen molar-refractivity contribution in [3.05, 3.63) is 145 Å². The van der Waals surface area contributed by atoms with Crippen molar-refractivity contribution in [2.45, 2.75) is 11.8 Å². The van der Waals surface area contributed by atoms with Crippen LogP contribution in [0.3, 0.4) is 0 Å². The molecular weight excluding hydrogens is 336 g/mol. The molecule has 0 aromatic heterocycles. The van der Waals surface area contributed by atoms with Crippen molar-refractivity contribution in [3.63, 3.8) is 0 Å². The van der Waals surface area contributed by atoms with Crippen LogP contribution in [0.25, 0.3) is 11.1 Å². The van der Waals surface area contributed by atoms with E-state index in [1.54, 1.807) is 0 Å². The summed E-state index contributed by atoms with van der Waals surface area (Å²) in [5.41, 5.74) is 6.71. The zero-order chi connectivity index (χ0) is 19.4. The maximum Gasteiger partial charge on any atom is 0.0419 e. The zero-order valence-electron chi connectivity index (χ0n) is 16.0. The number of allylic oxidation sites excluding steroid dienone is 6. The van der Waals surface area contributed by atoms with Gasteiger partial charge >= 0.3 is 0 Å². The van der Waals surface area contributed by atoms with Gasteiger partial charge in [-0.25, -0.2) is 0 Å². The highest BCUT2D eigenvalue weighted by Crippen LogP contribution is 2.45. The molecule has 28 heavy (non-hydrogen) atoms. The molecule has 4 rings (SSSR count). The van der Waals surface area contributed by atoms with E-state index in [9.17, 15) is 0 Å². The Morgan fingerprint density at radius 2 is 1.21 bits per heavy atom. The normalized spacial score (nSPS) is 18.4. The summed E-state index contributed by atoms with van der Waals surface area (Å²) in [4.78, 5) is 0. The molecule has 3 aromatic carbocycles. The molecule has 0 saturated carbocycles. The lowest BCUT2D eigenvalue weighted by Crippen LogP contribution is -2.26. The van der Waals surface area contributed by atoms with Crippen LogP contribution < -0.4 is 0 Å². The number of benzene rings is 3. The fourth-order valence-corrected chi connectivity index (χ4v) is 3.91. The molecule has 0 amide bonds. The van der Waals surface area contributed by atoms with Crippen LogP contribution in [-0.4, -0.2) is 0 Å². The lowest BCUT2D eigenvalue weighted by Gasteiger charge is -2.36. The standard InChI is InChI=1S/C28H24/c1-22(24-12-6-3-7-13-24)25-18-20-28(21-19-25,27-16-10-5-11-17-27)23(2)26-14-8-4-9-15-26/h3-20H,1-2,21H2. The molecule has 0 heterocycles. The van der Waals surface area contributed by atoms with Gasteiger partial charge in [0.1, 0.15) is 0 Å². The van der Waals surface area contributed by atoms with Gasteiger partial charge in [0.25, 0.3) is 0 Å². The van der Waals surface area contributed by atoms with Gasteiger partial charge in [-0.15, -0.1) is 0 Å². The minimum absolute atomic E-state index is 0.247. The maximum absolute atomic E-state index is 4.52. The van der Waals surface area contributed by atoms with Gasteiger partial charge in [-0.05, 0) is 39.8 Å². The van der Waals surface area contributed by atoms with E-state index in [1.165, 1.54) is 16.7 Å². The van der Waals surface area contributed by atoms with Crippen molar-refractivity contribution < 1.29 is 0 Å². The summed E-state index contributed by atoms with van der Waals surface area (Å²) in [6, 6.07) is 31.5. The SMILES string of the molecule is C=C(C1=CCC(C(=C)c2ccccc2)(c2ccccc2)C=C1)c1ccccc1. The van der Waals surface area contributed by atoms with Gasteiger partial charge in [-0.1, -0.05) is 122 Å². The first kappa shape index (κ1) is 18.0. The van der Waals surface area contributed by atoms with Crippen molar-refractivity contribution in [1.29, 1.82) is 0 Å². The summed E-state index contributed by atoms with van der Waals surface area (Å²) in [6.07, 6.45) is 7.68. The fourth-order valence-electron chi connectivity index (χ4n) is 3.91. The molecule has 0 saturated heterocycles. The number of hydrogen-bond acceptors (Lipinski definition) is 0. The molecule has 0 aliphatic heterocycles. The summed E-state index contributed by atoms with van der Waals surface area (Å²) < 4.78 is 0. The Morgan fingerprint density at radius 3 is 1.75 bits per heavy atom. The van der Waals surface area contributed by atoms with Crippen molar-refractivity contribution in [2.24, 2.45) is 0 Å². The highest BCUT2D eigenvalue weighted by atomic mass is 14.4. The Labute approximate surface area is 167 Å². The summed E-state index contributed by atoms with van der Waals surface area (Å²) in [7, 11) is 0. The van der Waals surface area contributed by atoms with E-state index < -0.39 is 0 Å². The minimum atomic E-state index is -0.247. The largest absolute Gasteiger partial charge is 0.0940 e. The molecule has 0 radical (unpaired) electrons. The number of hydrogen-bond donors (Lipinski definition) is 0. The third-order valence-corrected chi connectivity index (χ3v) is 5.61. The third kappa shape index (κ3) is 3.30. The van der Waals surface area contributed by atoms with Crippen LogP contribution >= 0.6 is 0 Å². The van der Waals surface area contributed by atoms with Gasteiger partial charge in [0.05, 0.1) is 0 Å². The molecule has 0 fully saturated rings. The average Bonchev–Trinajstić information content (AvgIpc) is 2.80. The van der Waals surface area contributed by atoms with Crippen LogP contribution in [-0.2, 0) is 5.41 Å². The second-order valence-electron chi connectivity index (χ2n) is 7.22. The van der Waals surface area contributed by atoms with E-state index in [0.29, 0.717) is 0 Å². The Kier molecular flexibility index (Phi) is 4.95. The topological polar surface area (TPSA) is 0 Å². The zero-order valence-corrected chi connectivity index (χ0v) is 16.0. The lowest BCUT2D eigenvalue weighted by molar-refractivity contribution is 0.694. The Balaban J connectivity index is 1.72. The molecule has 1 unspecified atom stereocenters. The summed E-state index contributed by atoms with van der Waals surface area (Å²) >= 11 is 0. The van der Waals surface area contributed by atoms with E-state index in [-0.39, 0.29) is 5.41 Å². The van der Waals surface area contributed by atoms with Gasteiger partial charge < -0.3 is 0 Å². The molecular formula is C28H24. The highest BCUT2D eigenvalue weighted by Gasteiger charge is 2.34. The quantitative estimate of drug-likeness (QED) is 0.450. The molecule has 1 aliphatic rings. The molecule has 3 aromatic rings. The van der Waals surface area contributed by atoms with Crippen molar-refractivity contribution in [2.75, 3.05) is 0 Å². The van der Waals surface area contributed by atoms with Crippen LogP contribution in [0.4, 0.5) is 0 Å². The third-order valence-electron chi connectivity index (χ3n) is 5.61. The second-order valence-corrected chi connectivity index (χ2v) is 7.22. The van der Waals surface area contributed by atoms with Gasteiger partial charge in [0.15, 0.2) is 0 Å². The minimum Gasteiger partial charge on any atom is -0.0940 e. The van der Waals surface area contributed by atoms with Crippen LogP contribution in [0.5, 0.6) is 0 Å². The van der Waals surface area contributed by atoms with E-state index in [2.05, 4.69) is 110 Å². The summed E-state index contributed by atoms with van der Waals surface area (Å²) in [6.45, 7) is 8.85. The van der Waals surface area contributed by atoms with Gasteiger partial charge in [0.2, 0.25) is 0 Å². The Hall–Kier alpha value is -3.38. The first-order chi connectivity index (χ1) is 13.7. The van der Waals surface area contributed by atoms with Crippen LogP contribution in [0, 0.1) is 0 Å². The molecule has 1 atom stereocenters. The van der Waals surface area contributed by atoms with E-state index >= 15 is 0 Å². The summed E-state index contributed by atoms with van der Waals surface area (Å²) in [5.74, 6) is 0. The molecule has 0 spiro atoms. The second kappa shape index (κ2) is 7.70. The predicted octanol–water partition coefficient (Wildman–Crippen LogP) is 7.24.